The molecule has 3 N–H and O–H groups in total. The SMILES string of the molecule is NC(=O)c1cc2c(ncn2CC2CCCCO2)c(F)c1Nc1ccc(Cl)cc1Cl. The number of hydrogen-bond acceptors (Lipinski definition) is 4. The van der Waals surface area contributed by atoms with Crippen LogP contribution in [0, 0.1) is 5.82 Å². The Morgan fingerprint density at radius 3 is 2.86 bits per heavy atom. The first-order chi connectivity index (χ1) is 13.9. The molecule has 3 aromatic rings. The fraction of sp³-hybridized carbons (Fsp3) is 0.300. The van der Waals surface area contributed by atoms with Crippen LogP contribution >= 0.6 is 23.2 Å². The van der Waals surface area contributed by atoms with Crippen LogP contribution < -0.4 is 11.1 Å². The summed E-state index contributed by atoms with van der Waals surface area (Å²) < 4.78 is 22.9. The average molecular weight is 437 g/mol. The maximum Gasteiger partial charge on any atom is 0.251 e. The summed E-state index contributed by atoms with van der Waals surface area (Å²) in [7, 11) is 0. The topological polar surface area (TPSA) is 82.2 Å². The molecule has 0 spiro atoms. The van der Waals surface area contributed by atoms with Gasteiger partial charge in [0, 0.05) is 11.6 Å². The number of rotatable bonds is 5. The highest BCUT2D eigenvalue weighted by Gasteiger charge is 2.23. The minimum atomic E-state index is -0.764. The maximum atomic E-state index is 15.3. The van der Waals surface area contributed by atoms with Crippen molar-refractivity contribution in [1.29, 1.82) is 0 Å². The van der Waals surface area contributed by atoms with Gasteiger partial charge in [0.15, 0.2) is 5.82 Å². The summed E-state index contributed by atoms with van der Waals surface area (Å²) in [6.45, 7) is 1.25. The lowest BCUT2D eigenvalue weighted by Crippen LogP contribution is -2.24. The van der Waals surface area contributed by atoms with E-state index in [1.807, 2.05) is 0 Å². The number of nitrogens with one attached hydrogen (secondary N) is 1. The van der Waals surface area contributed by atoms with Crippen molar-refractivity contribution >= 4 is 51.5 Å². The van der Waals surface area contributed by atoms with Crippen LogP contribution in [0.5, 0.6) is 0 Å². The van der Waals surface area contributed by atoms with Gasteiger partial charge < -0.3 is 20.4 Å². The number of benzene rings is 2. The van der Waals surface area contributed by atoms with Crippen LogP contribution in [-0.4, -0.2) is 28.2 Å². The summed E-state index contributed by atoms with van der Waals surface area (Å²) in [6.07, 6.45) is 4.65. The van der Waals surface area contributed by atoms with E-state index >= 15 is 4.39 Å². The number of imidazole rings is 1. The monoisotopic (exact) mass is 436 g/mol. The standard InChI is InChI=1S/C20H19Cl2FN4O2/c21-11-4-5-15(14(22)7-11)26-18-13(20(24)28)8-16-19(17(18)23)25-10-27(16)9-12-3-1-2-6-29-12/h4-5,7-8,10,12,26H,1-3,6,9H2,(H2,24,28). The summed E-state index contributed by atoms with van der Waals surface area (Å²) in [4.78, 5) is 16.3. The summed E-state index contributed by atoms with van der Waals surface area (Å²) in [5, 5.41) is 3.58. The average Bonchev–Trinajstić information content (AvgIpc) is 3.09. The van der Waals surface area contributed by atoms with Gasteiger partial charge >= 0.3 is 0 Å². The van der Waals surface area contributed by atoms with Gasteiger partial charge in [0.1, 0.15) is 5.52 Å². The Labute approximate surface area is 176 Å². The van der Waals surface area contributed by atoms with Crippen molar-refractivity contribution in [2.75, 3.05) is 11.9 Å². The van der Waals surface area contributed by atoms with Gasteiger partial charge in [0.25, 0.3) is 5.91 Å². The van der Waals surface area contributed by atoms with Gasteiger partial charge in [-0.1, -0.05) is 23.2 Å². The Bertz CT molecular complexity index is 1080. The second-order valence-electron chi connectivity index (χ2n) is 6.98. The van der Waals surface area contributed by atoms with E-state index in [1.54, 1.807) is 29.1 Å². The molecular formula is C20H19Cl2FN4O2. The minimum absolute atomic E-state index is 0.00679. The fourth-order valence-electron chi connectivity index (χ4n) is 3.52. The number of amides is 1. The summed E-state index contributed by atoms with van der Waals surface area (Å²) in [5.41, 5.74) is 6.49. The van der Waals surface area contributed by atoms with Crippen LogP contribution in [0.2, 0.25) is 10.0 Å². The first-order valence-corrected chi connectivity index (χ1v) is 10.0. The lowest BCUT2D eigenvalue weighted by Gasteiger charge is -2.23. The summed E-state index contributed by atoms with van der Waals surface area (Å²) >= 11 is 12.1. The molecule has 0 bridgehead atoms. The number of primary amides is 1. The van der Waals surface area contributed by atoms with Crippen molar-refractivity contribution in [2.24, 2.45) is 5.73 Å². The molecule has 2 aromatic carbocycles. The number of nitrogens with two attached hydrogens (primary N) is 1. The van der Waals surface area contributed by atoms with E-state index in [9.17, 15) is 4.79 Å². The van der Waals surface area contributed by atoms with Gasteiger partial charge in [0.05, 0.1) is 46.5 Å². The zero-order valence-electron chi connectivity index (χ0n) is 15.4. The molecular weight excluding hydrogens is 418 g/mol. The predicted molar refractivity (Wildman–Crippen MR) is 112 cm³/mol. The number of ether oxygens (including phenoxy) is 1. The summed E-state index contributed by atoms with van der Waals surface area (Å²) in [5.74, 6) is -1.44. The molecule has 1 saturated heterocycles. The lowest BCUT2D eigenvalue weighted by molar-refractivity contribution is 0.00661. The number of aromatic nitrogens is 2. The van der Waals surface area contributed by atoms with Crippen LogP contribution in [0.15, 0.2) is 30.6 Å². The third-order valence-electron chi connectivity index (χ3n) is 4.99. The number of nitrogens with zero attached hydrogens (tertiary/aromatic N) is 2. The van der Waals surface area contributed by atoms with Crippen molar-refractivity contribution in [2.45, 2.75) is 31.9 Å². The minimum Gasteiger partial charge on any atom is -0.376 e. The highest BCUT2D eigenvalue weighted by Crippen LogP contribution is 2.34. The Morgan fingerprint density at radius 2 is 2.17 bits per heavy atom. The molecule has 1 atom stereocenters. The molecule has 1 aliphatic heterocycles. The quantitative estimate of drug-likeness (QED) is 0.595. The largest absolute Gasteiger partial charge is 0.376 e. The number of fused-ring (bicyclic) bond motifs is 1. The van der Waals surface area contributed by atoms with E-state index in [4.69, 9.17) is 33.7 Å². The molecule has 0 saturated carbocycles. The van der Waals surface area contributed by atoms with Crippen molar-refractivity contribution < 1.29 is 13.9 Å². The van der Waals surface area contributed by atoms with Gasteiger partial charge in [-0.05, 0) is 43.5 Å². The van der Waals surface area contributed by atoms with Crippen LogP contribution in [0.4, 0.5) is 15.8 Å². The Kier molecular flexibility index (Phi) is 5.63. The first-order valence-electron chi connectivity index (χ1n) is 9.25. The summed E-state index contributed by atoms with van der Waals surface area (Å²) in [6, 6.07) is 6.26. The fourth-order valence-corrected chi connectivity index (χ4v) is 3.97. The van der Waals surface area contributed by atoms with Gasteiger partial charge in [-0.3, -0.25) is 4.79 Å². The van der Waals surface area contributed by atoms with Crippen LogP contribution in [0.3, 0.4) is 0 Å². The van der Waals surface area contributed by atoms with Gasteiger partial charge in [-0.2, -0.15) is 0 Å². The van der Waals surface area contributed by atoms with Crippen molar-refractivity contribution in [3.8, 4) is 0 Å². The molecule has 1 unspecified atom stereocenters. The van der Waals surface area contributed by atoms with E-state index < -0.39 is 11.7 Å². The molecule has 1 amide bonds. The van der Waals surface area contributed by atoms with E-state index in [0.717, 1.165) is 19.3 Å². The van der Waals surface area contributed by atoms with E-state index in [0.29, 0.717) is 29.4 Å². The predicted octanol–water partition coefficient (Wildman–Crippen LogP) is 4.89. The molecule has 152 valence electrons. The second-order valence-corrected chi connectivity index (χ2v) is 7.82. The number of carbonyl (C=O) groups is 1. The van der Waals surface area contributed by atoms with Crippen LogP contribution in [-0.2, 0) is 11.3 Å². The van der Waals surface area contributed by atoms with Gasteiger partial charge in [-0.15, -0.1) is 0 Å². The van der Waals surface area contributed by atoms with Crippen LogP contribution in [0.25, 0.3) is 11.0 Å². The van der Waals surface area contributed by atoms with Crippen molar-refractivity contribution in [3.63, 3.8) is 0 Å². The van der Waals surface area contributed by atoms with E-state index in [-0.39, 0.29) is 27.9 Å². The van der Waals surface area contributed by atoms with Crippen LogP contribution in [0.1, 0.15) is 29.6 Å². The lowest BCUT2D eigenvalue weighted by atomic mass is 10.1. The molecule has 1 aromatic heterocycles. The first kappa shape index (κ1) is 19.9. The molecule has 0 aliphatic carbocycles. The van der Waals surface area contributed by atoms with Crippen molar-refractivity contribution in [3.05, 3.63) is 52.0 Å². The second kappa shape index (κ2) is 8.18. The number of anilines is 2. The van der Waals surface area contributed by atoms with E-state index in [1.165, 1.54) is 6.07 Å². The third kappa shape index (κ3) is 4.03. The molecule has 29 heavy (non-hydrogen) atoms. The Morgan fingerprint density at radius 1 is 1.34 bits per heavy atom. The zero-order valence-corrected chi connectivity index (χ0v) is 16.9. The number of hydrogen-bond donors (Lipinski definition) is 2. The highest BCUT2D eigenvalue weighted by atomic mass is 35.5. The highest BCUT2D eigenvalue weighted by molar-refractivity contribution is 6.36. The maximum absolute atomic E-state index is 15.3. The number of halogens is 3. The zero-order chi connectivity index (χ0) is 20.5. The van der Waals surface area contributed by atoms with Crippen molar-refractivity contribution in [1.82, 2.24) is 9.55 Å². The third-order valence-corrected chi connectivity index (χ3v) is 5.53. The Hall–Kier alpha value is -2.35. The number of carbonyl (C=O) groups excluding carboxylic acids is 1. The van der Waals surface area contributed by atoms with E-state index in [2.05, 4.69) is 10.3 Å². The molecule has 4 rings (SSSR count). The molecule has 2 heterocycles. The normalized spacial score (nSPS) is 16.9. The molecule has 0 radical (unpaired) electrons. The molecule has 1 aliphatic rings. The smallest absolute Gasteiger partial charge is 0.251 e. The molecule has 9 heteroatoms. The molecule has 6 nitrogen and oxygen atoms in total. The Balaban J connectivity index is 1.75. The molecule has 1 fully saturated rings. The van der Waals surface area contributed by atoms with Gasteiger partial charge in [-0.25, -0.2) is 9.37 Å². The van der Waals surface area contributed by atoms with Gasteiger partial charge in [0.2, 0.25) is 0 Å².